The molecule has 1 saturated carbocycles. The molecule has 1 amide bonds. The van der Waals surface area contributed by atoms with Gasteiger partial charge < -0.3 is 10.6 Å². The SMILES string of the molecule is CC1CCCCC1N(C)C(=O)c1ccnc(N)c1. The van der Waals surface area contributed by atoms with E-state index >= 15 is 0 Å². The van der Waals surface area contributed by atoms with Gasteiger partial charge in [0.2, 0.25) is 0 Å². The van der Waals surface area contributed by atoms with Crippen molar-refractivity contribution in [3.05, 3.63) is 23.9 Å². The van der Waals surface area contributed by atoms with Gasteiger partial charge in [0.15, 0.2) is 0 Å². The molecule has 0 spiro atoms. The van der Waals surface area contributed by atoms with Crippen molar-refractivity contribution in [2.75, 3.05) is 12.8 Å². The maximum Gasteiger partial charge on any atom is 0.254 e. The van der Waals surface area contributed by atoms with Crippen molar-refractivity contribution in [2.24, 2.45) is 5.92 Å². The number of carbonyl (C=O) groups excluding carboxylic acids is 1. The molecule has 98 valence electrons. The van der Waals surface area contributed by atoms with Crippen LogP contribution in [-0.4, -0.2) is 28.9 Å². The molecule has 0 radical (unpaired) electrons. The largest absolute Gasteiger partial charge is 0.384 e. The summed E-state index contributed by atoms with van der Waals surface area (Å²) >= 11 is 0. The van der Waals surface area contributed by atoms with Gasteiger partial charge >= 0.3 is 0 Å². The zero-order chi connectivity index (χ0) is 13.1. The Bertz CT molecular complexity index is 433. The van der Waals surface area contributed by atoms with Crippen LogP contribution in [0.25, 0.3) is 0 Å². The van der Waals surface area contributed by atoms with E-state index in [9.17, 15) is 4.79 Å². The molecular formula is C14H21N3O. The summed E-state index contributed by atoms with van der Waals surface area (Å²) in [5, 5.41) is 0. The first-order valence-corrected chi connectivity index (χ1v) is 6.58. The van der Waals surface area contributed by atoms with Crippen LogP contribution < -0.4 is 5.73 Å². The van der Waals surface area contributed by atoms with E-state index in [-0.39, 0.29) is 5.91 Å². The highest BCUT2D eigenvalue weighted by atomic mass is 16.2. The van der Waals surface area contributed by atoms with E-state index < -0.39 is 0 Å². The average molecular weight is 247 g/mol. The first-order valence-electron chi connectivity index (χ1n) is 6.58. The molecule has 2 rings (SSSR count). The van der Waals surface area contributed by atoms with Crippen LogP contribution in [-0.2, 0) is 0 Å². The monoisotopic (exact) mass is 247 g/mol. The van der Waals surface area contributed by atoms with Crippen molar-refractivity contribution in [1.29, 1.82) is 0 Å². The summed E-state index contributed by atoms with van der Waals surface area (Å²) < 4.78 is 0. The van der Waals surface area contributed by atoms with Crippen LogP contribution in [0.2, 0.25) is 0 Å². The van der Waals surface area contributed by atoms with Crippen molar-refractivity contribution in [1.82, 2.24) is 9.88 Å². The van der Waals surface area contributed by atoms with Crippen LogP contribution >= 0.6 is 0 Å². The summed E-state index contributed by atoms with van der Waals surface area (Å²) in [6, 6.07) is 3.72. The molecule has 18 heavy (non-hydrogen) atoms. The molecule has 2 N–H and O–H groups in total. The summed E-state index contributed by atoms with van der Waals surface area (Å²) in [4.78, 5) is 18.2. The highest BCUT2D eigenvalue weighted by Crippen LogP contribution is 2.28. The van der Waals surface area contributed by atoms with E-state index in [2.05, 4.69) is 11.9 Å². The summed E-state index contributed by atoms with van der Waals surface area (Å²) in [6.45, 7) is 2.23. The first kappa shape index (κ1) is 12.9. The number of anilines is 1. The van der Waals surface area contributed by atoms with Crippen LogP contribution in [0.1, 0.15) is 43.0 Å². The minimum Gasteiger partial charge on any atom is -0.384 e. The quantitative estimate of drug-likeness (QED) is 0.872. The van der Waals surface area contributed by atoms with Gasteiger partial charge in [0.05, 0.1) is 0 Å². The second-order valence-corrected chi connectivity index (χ2v) is 5.21. The van der Waals surface area contributed by atoms with E-state index in [1.165, 1.54) is 19.3 Å². The smallest absolute Gasteiger partial charge is 0.254 e. The topological polar surface area (TPSA) is 59.2 Å². The Labute approximate surface area is 108 Å². The number of nitrogen functional groups attached to an aromatic ring is 1. The molecule has 1 heterocycles. The number of pyridine rings is 1. The zero-order valence-electron chi connectivity index (χ0n) is 11.1. The zero-order valence-corrected chi connectivity index (χ0v) is 11.1. The lowest BCUT2D eigenvalue weighted by Gasteiger charge is -2.36. The van der Waals surface area contributed by atoms with Gasteiger partial charge in [-0.15, -0.1) is 0 Å². The maximum absolute atomic E-state index is 12.4. The number of aromatic nitrogens is 1. The Hall–Kier alpha value is -1.58. The van der Waals surface area contributed by atoms with Crippen LogP contribution in [0, 0.1) is 5.92 Å². The molecule has 2 unspecified atom stereocenters. The Morgan fingerprint density at radius 3 is 2.83 bits per heavy atom. The Morgan fingerprint density at radius 2 is 2.17 bits per heavy atom. The van der Waals surface area contributed by atoms with Crippen molar-refractivity contribution >= 4 is 11.7 Å². The third kappa shape index (κ3) is 2.63. The van der Waals surface area contributed by atoms with Gasteiger partial charge in [-0.1, -0.05) is 19.8 Å². The van der Waals surface area contributed by atoms with Crippen molar-refractivity contribution in [2.45, 2.75) is 38.6 Å². The fraction of sp³-hybridized carbons (Fsp3) is 0.571. The minimum absolute atomic E-state index is 0.0443. The number of rotatable bonds is 2. The fourth-order valence-corrected chi connectivity index (χ4v) is 2.81. The number of carbonyl (C=O) groups is 1. The summed E-state index contributed by atoms with van der Waals surface area (Å²) in [5.41, 5.74) is 6.25. The number of hydrogen-bond donors (Lipinski definition) is 1. The van der Waals surface area contributed by atoms with Gasteiger partial charge in [0.25, 0.3) is 5.91 Å². The second kappa shape index (κ2) is 5.38. The van der Waals surface area contributed by atoms with Gasteiger partial charge in [0, 0.05) is 24.8 Å². The Balaban J connectivity index is 2.13. The molecule has 4 heteroatoms. The molecule has 1 aliphatic rings. The molecule has 4 nitrogen and oxygen atoms in total. The predicted molar refractivity (Wildman–Crippen MR) is 72.2 cm³/mol. The molecule has 0 saturated heterocycles. The van der Waals surface area contributed by atoms with Crippen molar-refractivity contribution in [3.63, 3.8) is 0 Å². The maximum atomic E-state index is 12.4. The van der Waals surface area contributed by atoms with E-state index in [1.54, 1.807) is 18.3 Å². The average Bonchev–Trinajstić information content (AvgIpc) is 2.37. The number of hydrogen-bond acceptors (Lipinski definition) is 3. The van der Waals surface area contributed by atoms with E-state index in [4.69, 9.17) is 5.73 Å². The normalized spacial score (nSPS) is 23.7. The van der Waals surface area contributed by atoms with Crippen molar-refractivity contribution in [3.8, 4) is 0 Å². The summed E-state index contributed by atoms with van der Waals surface area (Å²) in [7, 11) is 1.89. The van der Waals surface area contributed by atoms with Gasteiger partial charge in [-0.3, -0.25) is 4.79 Å². The van der Waals surface area contributed by atoms with E-state index in [1.807, 2.05) is 11.9 Å². The molecule has 0 bridgehead atoms. The number of nitrogens with two attached hydrogens (primary N) is 1. The molecule has 1 aliphatic carbocycles. The van der Waals surface area contributed by atoms with Crippen LogP contribution in [0.15, 0.2) is 18.3 Å². The first-order chi connectivity index (χ1) is 8.59. The third-order valence-electron chi connectivity index (χ3n) is 3.91. The molecule has 2 atom stereocenters. The van der Waals surface area contributed by atoms with Gasteiger partial charge in [-0.2, -0.15) is 0 Å². The number of nitrogens with zero attached hydrogens (tertiary/aromatic N) is 2. The molecule has 1 fully saturated rings. The molecule has 1 aromatic rings. The van der Waals surface area contributed by atoms with E-state index in [0.717, 1.165) is 6.42 Å². The van der Waals surface area contributed by atoms with Crippen molar-refractivity contribution < 1.29 is 4.79 Å². The Morgan fingerprint density at radius 1 is 1.44 bits per heavy atom. The highest BCUT2D eigenvalue weighted by molar-refractivity contribution is 5.94. The molecule has 0 aliphatic heterocycles. The Kier molecular flexibility index (Phi) is 3.84. The lowest BCUT2D eigenvalue weighted by Crippen LogP contribution is -2.42. The molecule has 1 aromatic heterocycles. The van der Waals surface area contributed by atoms with Crippen LogP contribution in [0.4, 0.5) is 5.82 Å². The minimum atomic E-state index is 0.0443. The summed E-state index contributed by atoms with van der Waals surface area (Å²) in [6.07, 6.45) is 6.39. The molecular weight excluding hydrogens is 226 g/mol. The highest BCUT2D eigenvalue weighted by Gasteiger charge is 2.28. The van der Waals surface area contributed by atoms with Gasteiger partial charge in [-0.05, 0) is 30.9 Å². The third-order valence-corrected chi connectivity index (χ3v) is 3.91. The fourth-order valence-electron chi connectivity index (χ4n) is 2.81. The van der Waals surface area contributed by atoms with Gasteiger partial charge in [-0.25, -0.2) is 4.98 Å². The standard InChI is InChI=1S/C14H21N3O/c1-10-5-3-4-6-12(10)17(2)14(18)11-7-8-16-13(15)9-11/h7-10,12H,3-6H2,1-2H3,(H2,15,16). The van der Waals surface area contributed by atoms with Crippen LogP contribution in [0.5, 0.6) is 0 Å². The lowest BCUT2D eigenvalue weighted by atomic mass is 9.85. The predicted octanol–water partition coefficient (Wildman–Crippen LogP) is 2.31. The number of amides is 1. The lowest BCUT2D eigenvalue weighted by molar-refractivity contribution is 0.0629. The van der Waals surface area contributed by atoms with Crippen LogP contribution in [0.3, 0.4) is 0 Å². The van der Waals surface area contributed by atoms with E-state index in [0.29, 0.717) is 23.3 Å². The summed E-state index contributed by atoms with van der Waals surface area (Å²) in [5.74, 6) is 1.01. The van der Waals surface area contributed by atoms with Gasteiger partial charge in [0.1, 0.15) is 5.82 Å². The second-order valence-electron chi connectivity index (χ2n) is 5.21. The molecule has 0 aromatic carbocycles.